The summed E-state index contributed by atoms with van der Waals surface area (Å²) in [6.45, 7) is 3.85. The van der Waals surface area contributed by atoms with Crippen molar-refractivity contribution in [2.24, 2.45) is 5.73 Å². The number of likely N-dealkylation sites (tertiary alicyclic amines) is 1. The molecule has 1 aliphatic heterocycles. The summed E-state index contributed by atoms with van der Waals surface area (Å²) in [5, 5.41) is 2.96. The van der Waals surface area contributed by atoms with E-state index in [0.29, 0.717) is 6.54 Å². The van der Waals surface area contributed by atoms with E-state index in [1.807, 2.05) is 0 Å². The van der Waals surface area contributed by atoms with Crippen LogP contribution in [0.4, 0.5) is 4.39 Å². The van der Waals surface area contributed by atoms with Crippen molar-refractivity contribution < 1.29 is 9.18 Å². The van der Waals surface area contributed by atoms with E-state index < -0.39 is 0 Å². The topological polar surface area (TPSA) is 58.4 Å². The van der Waals surface area contributed by atoms with E-state index in [9.17, 15) is 9.18 Å². The van der Waals surface area contributed by atoms with E-state index in [-0.39, 0.29) is 23.8 Å². The summed E-state index contributed by atoms with van der Waals surface area (Å²) in [7, 11) is 0. The average Bonchev–Trinajstić information content (AvgIpc) is 2.43. The van der Waals surface area contributed by atoms with Gasteiger partial charge in [0.1, 0.15) is 5.82 Å². The molecule has 1 aromatic rings. The van der Waals surface area contributed by atoms with E-state index in [2.05, 4.69) is 10.2 Å². The highest BCUT2D eigenvalue weighted by Gasteiger charge is 2.25. The summed E-state index contributed by atoms with van der Waals surface area (Å²) in [6, 6.07) is 6.92. The third kappa shape index (κ3) is 3.77. The number of amides is 1. The van der Waals surface area contributed by atoms with E-state index in [0.717, 1.165) is 31.5 Å². The first-order chi connectivity index (χ1) is 9.60. The number of nitrogens with zero attached hydrogens (tertiary/aromatic N) is 1. The average molecular weight is 279 g/mol. The lowest BCUT2D eigenvalue weighted by Gasteiger charge is -2.37. The molecule has 0 aliphatic carbocycles. The molecule has 1 unspecified atom stereocenters. The first kappa shape index (κ1) is 14.9. The predicted molar refractivity (Wildman–Crippen MR) is 76.6 cm³/mol. The Bertz CT molecular complexity index is 441. The van der Waals surface area contributed by atoms with Gasteiger partial charge in [-0.1, -0.05) is 12.1 Å². The molecule has 5 heteroatoms. The minimum absolute atomic E-state index is 0.0253. The minimum atomic E-state index is -0.228. The number of nitrogens with two attached hydrogens (primary N) is 1. The lowest BCUT2D eigenvalue weighted by molar-refractivity contribution is -0.120. The number of carbonyl (C=O) groups is 1. The van der Waals surface area contributed by atoms with Crippen LogP contribution in [0.15, 0.2) is 24.3 Å². The Hall–Kier alpha value is -1.46. The molecular formula is C15H22FN3O. The zero-order chi connectivity index (χ0) is 14.5. The number of nitrogens with one attached hydrogen (secondary N) is 1. The van der Waals surface area contributed by atoms with Crippen molar-refractivity contribution in [2.45, 2.75) is 31.8 Å². The summed E-state index contributed by atoms with van der Waals surface area (Å²) in [4.78, 5) is 13.4. The Morgan fingerprint density at radius 1 is 1.40 bits per heavy atom. The largest absolute Gasteiger partial charge is 0.354 e. The van der Waals surface area contributed by atoms with Gasteiger partial charge in [-0.2, -0.15) is 0 Å². The van der Waals surface area contributed by atoms with E-state index in [4.69, 9.17) is 5.73 Å². The van der Waals surface area contributed by atoms with Crippen LogP contribution in [-0.4, -0.2) is 36.5 Å². The monoisotopic (exact) mass is 279 g/mol. The van der Waals surface area contributed by atoms with Crippen molar-refractivity contribution in [3.05, 3.63) is 35.6 Å². The van der Waals surface area contributed by atoms with Gasteiger partial charge >= 0.3 is 0 Å². The fraction of sp³-hybridized carbons (Fsp3) is 0.533. The molecule has 1 fully saturated rings. The van der Waals surface area contributed by atoms with Crippen LogP contribution in [0.5, 0.6) is 0 Å². The highest BCUT2D eigenvalue weighted by Crippen LogP contribution is 2.24. The number of hydrogen-bond acceptors (Lipinski definition) is 3. The van der Waals surface area contributed by atoms with Gasteiger partial charge in [-0.15, -0.1) is 0 Å². The molecule has 2 rings (SSSR count). The van der Waals surface area contributed by atoms with Gasteiger partial charge in [-0.25, -0.2) is 4.39 Å². The zero-order valence-corrected chi connectivity index (χ0v) is 11.8. The van der Waals surface area contributed by atoms with Crippen LogP contribution in [0.25, 0.3) is 0 Å². The molecular weight excluding hydrogens is 257 g/mol. The van der Waals surface area contributed by atoms with Crippen molar-refractivity contribution in [3.8, 4) is 0 Å². The second-order valence-electron chi connectivity index (χ2n) is 5.31. The van der Waals surface area contributed by atoms with Crippen molar-refractivity contribution in [3.63, 3.8) is 0 Å². The first-order valence-electron chi connectivity index (χ1n) is 7.07. The molecule has 1 amide bonds. The molecule has 0 radical (unpaired) electrons. The van der Waals surface area contributed by atoms with Gasteiger partial charge in [0.15, 0.2) is 0 Å². The Kier molecular flexibility index (Phi) is 5.09. The number of hydrogen-bond donors (Lipinski definition) is 2. The van der Waals surface area contributed by atoms with Crippen molar-refractivity contribution >= 4 is 5.91 Å². The molecule has 1 aliphatic rings. The molecule has 1 heterocycles. The third-order valence-corrected chi connectivity index (χ3v) is 3.86. The lowest BCUT2D eigenvalue weighted by Crippen LogP contribution is -2.46. The lowest BCUT2D eigenvalue weighted by atomic mass is 9.99. The van der Waals surface area contributed by atoms with Crippen LogP contribution in [0.1, 0.15) is 31.4 Å². The highest BCUT2D eigenvalue weighted by atomic mass is 19.1. The molecule has 0 aromatic heterocycles. The van der Waals surface area contributed by atoms with Crippen LogP contribution in [-0.2, 0) is 4.79 Å². The number of benzene rings is 1. The quantitative estimate of drug-likeness (QED) is 0.876. The maximum atomic E-state index is 13.0. The van der Waals surface area contributed by atoms with Crippen LogP contribution >= 0.6 is 0 Å². The number of halogens is 1. The number of carbonyl (C=O) groups excluding carboxylic acids is 1. The molecule has 0 bridgehead atoms. The first-order valence-corrected chi connectivity index (χ1v) is 7.07. The molecule has 3 N–H and O–H groups in total. The summed E-state index contributed by atoms with van der Waals surface area (Å²) < 4.78 is 13.0. The fourth-order valence-electron chi connectivity index (χ4n) is 2.82. The molecule has 1 atom stereocenters. The van der Waals surface area contributed by atoms with Crippen molar-refractivity contribution in [1.82, 2.24) is 10.2 Å². The van der Waals surface area contributed by atoms with Crippen molar-refractivity contribution in [2.75, 3.05) is 19.6 Å². The standard InChI is InChI=1S/C15H22FN3O/c1-11(20)18-14-6-8-19(9-7-14)15(10-17)12-2-4-13(16)5-3-12/h2-5,14-15H,6-10,17H2,1H3,(H,18,20). The summed E-state index contributed by atoms with van der Waals surface area (Å²) in [5.41, 5.74) is 6.93. The van der Waals surface area contributed by atoms with Crippen molar-refractivity contribution in [1.29, 1.82) is 0 Å². The van der Waals surface area contributed by atoms with Gasteiger partial charge in [-0.05, 0) is 30.5 Å². The van der Waals surface area contributed by atoms with Crippen LogP contribution in [0.2, 0.25) is 0 Å². The normalized spacial score (nSPS) is 18.8. The van der Waals surface area contributed by atoms with Crippen LogP contribution in [0.3, 0.4) is 0 Å². The maximum absolute atomic E-state index is 13.0. The van der Waals surface area contributed by atoms with Gasteiger partial charge in [0, 0.05) is 38.6 Å². The smallest absolute Gasteiger partial charge is 0.217 e. The molecule has 4 nitrogen and oxygen atoms in total. The summed E-state index contributed by atoms with van der Waals surface area (Å²) in [6.07, 6.45) is 1.86. The van der Waals surface area contributed by atoms with Crippen LogP contribution in [0, 0.1) is 5.82 Å². The van der Waals surface area contributed by atoms with Gasteiger partial charge in [0.25, 0.3) is 0 Å². The van der Waals surface area contributed by atoms with Crippen LogP contribution < -0.4 is 11.1 Å². The molecule has 1 aromatic carbocycles. The zero-order valence-electron chi connectivity index (χ0n) is 11.8. The summed E-state index contributed by atoms with van der Waals surface area (Å²) >= 11 is 0. The number of piperidine rings is 1. The van der Waals surface area contributed by atoms with E-state index in [1.54, 1.807) is 19.1 Å². The molecule has 0 saturated carbocycles. The second kappa shape index (κ2) is 6.81. The van der Waals surface area contributed by atoms with Gasteiger partial charge in [0.05, 0.1) is 0 Å². The molecule has 1 saturated heterocycles. The Morgan fingerprint density at radius 3 is 2.50 bits per heavy atom. The number of rotatable bonds is 4. The summed E-state index contributed by atoms with van der Waals surface area (Å²) in [5.74, 6) is -0.203. The molecule has 110 valence electrons. The maximum Gasteiger partial charge on any atom is 0.217 e. The Labute approximate surface area is 119 Å². The molecule has 0 spiro atoms. The Balaban J connectivity index is 1.96. The predicted octanol–water partition coefficient (Wildman–Crippen LogP) is 1.43. The minimum Gasteiger partial charge on any atom is -0.354 e. The SMILES string of the molecule is CC(=O)NC1CCN(C(CN)c2ccc(F)cc2)CC1. The van der Waals surface area contributed by atoms with E-state index >= 15 is 0 Å². The van der Waals surface area contributed by atoms with Gasteiger partial charge in [-0.3, -0.25) is 9.69 Å². The second-order valence-corrected chi connectivity index (χ2v) is 5.31. The van der Waals surface area contributed by atoms with Gasteiger partial charge < -0.3 is 11.1 Å². The highest BCUT2D eigenvalue weighted by molar-refractivity contribution is 5.73. The molecule has 20 heavy (non-hydrogen) atoms. The fourth-order valence-corrected chi connectivity index (χ4v) is 2.82. The van der Waals surface area contributed by atoms with E-state index in [1.165, 1.54) is 12.1 Å². The van der Waals surface area contributed by atoms with Gasteiger partial charge in [0.2, 0.25) is 5.91 Å². The third-order valence-electron chi connectivity index (χ3n) is 3.86. The Morgan fingerprint density at radius 2 is 2.00 bits per heavy atom.